The number of aromatic nitrogens is 2. The first-order chi connectivity index (χ1) is 13.9. The maximum absolute atomic E-state index is 13.6. The summed E-state index contributed by atoms with van der Waals surface area (Å²) in [7, 11) is 0. The van der Waals surface area contributed by atoms with Crippen LogP contribution in [0.4, 0.5) is 17.6 Å². The summed E-state index contributed by atoms with van der Waals surface area (Å²) in [5, 5.41) is 15.8. The lowest BCUT2D eigenvalue weighted by molar-refractivity contribution is -0.159. The Kier molecular flexibility index (Phi) is 5.84. The molecule has 4 atom stereocenters. The lowest BCUT2D eigenvalue weighted by Crippen LogP contribution is -2.55. The van der Waals surface area contributed by atoms with Crippen molar-refractivity contribution in [3.63, 3.8) is 0 Å². The van der Waals surface area contributed by atoms with Gasteiger partial charge >= 0.3 is 12.1 Å². The minimum atomic E-state index is -4.68. The number of rotatable bonds is 5. The third kappa shape index (κ3) is 4.15. The van der Waals surface area contributed by atoms with Crippen LogP contribution in [-0.2, 0) is 17.4 Å². The number of hydrogen-bond donors (Lipinski definition) is 1. The fraction of sp³-hybridized carbons (Fsp3) is 0.789. The molecule has 30 heavy (non-hydrogen) atoms. The number of nitrogens with zero attached hydrogens (tertiary/aromatic N) is 4. The molecule has 0 unspecified atom stereocenters. The average Bonchev–Trinajstić information content (AvgIpc) is 3.33. The quantitative estimate of drug-likeness (QED) is 0.721. The fourth-order valence-corrected chi connectivity index (χ4v) is 4.50. The first kappa shape index (κ1) is 22.5. The minimum absolute atomic E-state index is 0.00337. The van der Waals surface area contributed by atoms with Crippen LogP contribution in [0.15, 0.2) is 4.52 Å². The Morgan fingerprint density at radius 3 is 2.70 bits per heavy atom. The molecular weight excluding hydrogens is 406 g/mol. The number of carbonyl (C=O) groups is 1. The van der Waals surface area contributed by atoms with Crippen molar-refractivity contribution in [1.29, 1.82) is 5.26 Å². The Labute approximate surface area is 171 Å². The molecule has 1 saturated carbocycles. The minimum Gasteiger partial charge on any atom is -0.329 e. The van der Waals surface area contributed by atoms with Gasteiger partial charge in [-0.25, -0.2) is 4.39 Å². The Morgan fingerprint density at radius 1 is 1.40 bits per heavy atom. The molecule has 1 aliphatic carbocycles. The van der Waals surface area contributed by atoms with Gasteiger partial charge < -0.3 is 14.7 Å². The molecule has 0 radical (unpaired) electrons. The van der Waals surface area contributed by atoms with Gasteiger partial charge in [0.2, 0.25) is 5.91 Å². The molecule has 1 saturated heterocycles. The molecule has 1 aromatic rings. The molecule has 2 heterocycles. The first-order valence-corrected chi connectivity index (χ1v) is 9.85. The monoisotopic (exact) mass is 431 g/mol. The summed E-state index contributed by atoms with van der Waals surface area (Å²) in [4.78, 5) is 17.3. The van der Waals surface area contributed by atoms with Crippen LogP contribution in [0.2, 0.25) is 0 Å². The lowest BCUT2D eigenvalue weighted by atomic mass is 9.70. The molecule has 1 aliphatic heterocycles. The molecule has 2 fully saturated rings. The van der Waals surface area contributed by atoms with Gasteiger partial charge in [-0.05, 0) is 31.1 Å². The van der Waals surface area contributed by atoms with E-state index in [1.165, 1.54) is 4.90 Å². The summed E-state index contributed by atoms with van der Waals surface area (Å²) < 4.78 is 56.0. The molecule has 166 valence electrons. The molecule has 2 aliphatic rings. The largest absolute Gasteiger partial charge is 0.471 e. The van der Waals surface area contributed by atoms with Gasteiger partial charge in [-0.1, -0.05) is 19.0 Å². The number of alkyl halides is 4. The maximum atomic E-state index is 13.6. The van der Waals surface area contributed by atoms with Gasteiger partial charge in [0.25, 0.3) is 0 Å². The number of carbonyl (C=O) groups excluding carboxylic acids is 1. The van der Waals surface area contributed by atoms with E-state index in [0.717, 1.165) is 0 Å². The number of amides is 1. The van der Waals surface area contributed by atoms with Crippen molar-refractivity contribution < 1.29 is 26.9 Å². The Hall–Kier alpha value is -2.22. The molecule has 0 aromatic carbocycles. The zero-order valence-corrected chi connectivity index (χ0v) is 17.1. The predicted octanol–water partition coefficient (Wildman–Crippen LogP) is 2.88. The van der Waals surface area contributed by atoms with Gasteiger partial charge in [0.1, 0.15) is 12.2 Å². The van der Waals surface area contributed by atoms with Gasteiger partial charge in [-0.2, -0.15) is 23.4 Å². The predicted molar refractivity (Wildman–Crippen MR) is 96.5 cm³/mol. The van der Waals surface area contributed by atoms with Gasteiger partial charge in [0, 0.05) is 18.4 Å². The number of likely N-dealkylation sites (tertiary alicyclic amines) is 1. The second-order valence-electron chi connectivity index (χ2n) is 8.88. The van der Waals surface area contributed by atoms with Crippen molar-refractivity contribution in [2.45, 2.75) is 70.4 Å². The average molecular weight is 431 g/mol. The Balaban J connectivity index is 1.63. The summed E-state index contributed by atoms with van der Waals surface area (Å²) in [5.74, 6) is -1.72. The molecule has 3 rings (SSSR count). The van der Waals surface area contributed by atoms with E-state index in [2.05, 4.69) is 20.0 Å². The van der Waals surface area contributed by atoms with Crippen LogP contribution in [0.5, 0.6) is 0 Å². The van der Waals surface area contributed by atoms with Crippen LogP contribution < -0.4 is 5.32 Å². The standard InChI is InChI=1S/C19H25F4N5O2/c1-17(2)11(6-14-26-16(30-27-14)19(21,22)23)4-5-18(17,3)25-9-15(29)28-10-12(20)7-13(28)8-24/h11-13,25H,4-7,9-10H2,1-3H3/t11-,12-,13-,18-/m0/s1. The first-order valence-electron chi connectivity index (χ1n) is 9.85. The fourth-order valence-electron chi connectivity index (χ4n) is 4.50. The van der Waals surface area contributed by atoms with Crippen molar-refractivity contribution >= 4 is 5.91 Å². The second kappa shape index (κ2) is 7.80. The van der Waals surface area contributed by atoms with Crippen molar-refractivity contribution in [3.05, 3.63) is 11.7 Å². The number of nitriles is 1. The van der Waals surface area contributed by atoms with Gasteiger partial charge in [0.15, 0.2) is 5.82 Å². The highest BCUT2D eigenvalue weighted by Crippen LogP contribution is 2.51. The third-order valence-corrected chi connectivity index (χ3v) is 6.92. The normalized spacial score (nSPS) is 31.1. The van der Waals surface area contributed by atoms with Crippen molar-refractivity contribution in [1.82, 2.24) is 20.4 Å². The van der Waals surface area contributed by atoms with Crippen molar-refractivity contribution in [2.24, 2.45) is 11.3 Å². The zero-order valence-electron chi connectivity index (χ0n) is 17.1. The number of nitrogens with one attached hydrogen (secondary N) is 1. The molecule has 1 aromatic heterocycles. The Bertz CT molecular complexity index is 834. The van der Waals surface area contributed by atoms with E-state index in [4.69, 9.17) is 5.26 Å². The van der Waals surface area contributed by atoms with E-state index in [9.17, 15) is 22.4 Å². The smallest absolute Gasteiger partial charge is 0.329 e. The zero-order chi connectivity index (χ0) is 22.3. The summed E-state index contributed by atoms with van der Waals surface area (Å²) in [6.45, 7) is 5.80. The van der Waals surface area contributed by atoms with E-state index < -0.39 is 35.2 Å². The molecule has 7 nitrogen and oxygen atoms in total. The highest BCUT2D eigenvalue weighted by atomic mass is 19.4. The molecule has 0 spiro atoms. The Morgan fingerprint density at radius 2 is 2.10 bits per heavy atom. The van der Waals surface area contributed by atoms with Crippen LogP contribution in [0.3, 0.4) is 0 Å². The number of hydrogen-bond acceptors (Lipinski definition) is 6. The SMILES string of the molecule is CC1(C)[C@H](Cc2noc(C(F)(F)F)n2)CC[C@]1(C)NCC(=O)N1C[C@@H](F)C[C@H]1C#N. The second-order valence-corrected chi connectivity index (χ2v) is 8.88. The van der Waals surface area contributed by atoms with E-state index >= 15 is 0 Å². The molecule has 0 bridgehead atoms. The van der Waals surface area contributed by atoms with Crippen LogP contribution >= 0.6 is 0 Å². The highest BCUT2D eigenvalue weighted by molar-refractivity contribution is 5.79. The van der Waals surface area contributed by atoms with Gasteiger partial charge in [-0.15, -0.1) is 0 Å². The molecule has 11 heteroatoms. The van der Waals surface area contributed by atoms with Crippen LogP contribution in [-0.4, -0.2) is 51.8 Å². The third-order valence-electron chi connectivity index (χ3n) is 6.92. The van der Waals surface area contributed by atoms with E-state index in [-0.39, 0.29) is 43.6 Å². The topological polar surface area (TPSA) is 95.1 Å². The van der Waals surface area contributed by atoms with Crippen molar-refractivity contribution in [2.75, 3.05) is 13.1 Å². The molecule has 1 N–H and O–H groups in total. The van der Waals surface area contributed by atoms with E-state index in [0.29, 0.717) is 12.8 Å². The van der Waals surface area contributed by atoms with E-state index in [1.807, 2.05) is 26.8 Å². The summed E-state index contributed by atoms with van der Waals surface area (Å²) in [6.07, 6.45) is -4.23. The summed E-state index contributed by atoms with van der Waals surface area (Å²) >= 11 is 0. The number of halogens is 4. The van der Waals surface area contributed by atoms with E-state index in [1.54, 1.807) is 0 Å². The van der Waals surface area contributed by atoms with Crippen LogP contribution in [0.25, 0.3) is 0 Å². The van der Waals surface area contributed by atoms with Crippen molar-refractivity contribution in [3.8, 4) is 6.07 Å². The summed E-state index contributed by atoms with van der Waals surface area (Å²) in [5.41, 5.74) is -0.879. The maximum Gasteiger partial charge on any atom is 0.471 e. The summed E-state index contributed by atoms with van der Waals surface area (Å²) in [6, 6.07) is 1.20. The highest BCUT2D eigenvalue weighted by Gasteiger charge is 2.52. The van der Waals surface area contributed by atoms with Gasteiger partial charge in [0.05, 0.1) is 19.2 Å². The lowest BCUT2D eigenvalue weighted by Gasteiger charge is -2.42. The van der Waals surface area contributed by atoms with Crippen LogP contribution in [0, 0.1) is 22.7 Å². The van der Waals surface area contributed by atoms with Gasteiger partial charge in [-0.3, -0.25) is 4.79 Å². The van der Waals surface area contributed by atoms with Crippen LogP contribution in [0.1, 0.15) is 51.7 Å². The molecular formula is C19H25F4N5O2. The molecule has 1 amide bonds.